The van der Waals surface area contributed by atoms with E-state index in [1.54, 1.807) is 7.11 Å². The first kappa shape index (κ1) is 10.3. The van der Waals surface area contributed by atoms with Gasteiger partial charge in [0.05, 0.1) is 12.5 Å². The molecule has 78 valence electrons. The normalized spacial score (nSPS) is 12.7. The standard InChI is InChI=1S/C13H13ClO/c1-9(14)10-3-4-12-8-13(15-2)6-5-11(12)7-10/h3-9H,1-2H3/t9-/m1/s1. The van der Waals surface area contributed by atoms with Gasteiger partial charge in [-0.3, -0.25) is 0 Å². The Morgan fingerprint density at radius 3 is 2.40 bits per heavy atom. The largest absolute Gasteiger partial charge is 0.497 e. The zero-order valence-electron chi connectivity index (χ0n) is 8.83. The Morgan fingerprint density at radius 2 is 1.73 bits per heavy atom. The van der Waals surface area contributed by atoms with Crippen LogP contribution in [0.5, 0.6) is 5.75 Å². The van der Waals surface area contributed by atoms with E-state index in [9.17, 15) is 0 Å². The molecule has 0 bridgehead atoms. The lowest BCUT2D eigenvalue weighted by atomic mass is 10.1. The molecule has 0 aliphatic carbocycles. The molecular formula is C13H13ClO. The molecule has 0 radical (unpaired) electrons. The van der Waals surface area contributed by atoms with Gasteiger partial charge in [-0.2, -0.15) is 0 Å². The van der Waals surface area contributed by atoms with Crippen LogP contribution in [0.1, 0.15) is 17.9 Å². The van der Waals surface area contributed by atoms with Gasteiger partial charge in [-0.25, -0.2) is 0 Å². The van der Waals surface area contributed by atoms with Crippen LogP contribution >= 0.6 is 11.6 Å². The number of fused-ring (bicyclic) bond motifs is 1. The SMILES string of the molecule is COc1ccc2cc([C@@H](C)Cl)ccc2c1. The van der Waals surface area contributed by atoms with E-state index in [1.807, 2.05) is 19.1 Å². The summed E-state index contributed by atoms with van der Waals surface area (Å²) in [6, 6.07) is 12.3. The fourth-order valence-corrected chi connectivity index (χ4v) is 1.75. The lowest BCUT2D eigenvalue weighted by Crippen LogP contribution is -1.86. The number of ether oxygens (including phenoxy) is 1. The maximum absolute atomic E-state index is 6.04. The topological polar surface area (TPSA) is 9.23 Å². The van der Waals surface area contributed by atoms with Crippen LogP contribution in [0.15, 0.2) is 36.4 Å². The lowest BCUT2D eigenvalue weighted by molar-refractivity contribution is 0.415. The third-order valence-corrected chi connectivity index (χ3v) is 2.78. The lowest BCUT2D eigenvalue weighted by Gasteiger charge is -2.06. The van der Waals surface area contributed by atoms with Gasteiger partial charge in [-0.15, -0.1) is 11.6 Å². The smallest absolute Gasteiger partial charge is 0.119 e. The van der Waals surface area contributed by atoms with Crippen LogP contribution in [0, 0.1) is 0 Å². The number of hydrogen-bond donors (Lipinski definition) is 0. The van der Waals surface area contributed by atoms with Crippen LogP contribution in [0.4, 0.5) is 0 Å². The predicted octanol–water partition coefficient (Wildman–Crippen LogP) is 4.15. The van der Waals surface area contributed by atoms with Gasteiger partial charge in [0.15, 0.2) is 0 Å². The summed E-state index contributed by atoms with van der Waals surface area (Å²) in [6.07, 6.45) is 0. The Morgan fingerprint density at radius 1 is 1.07 bits per heavy atom. The van der Waals surface area contributed by atoms with E-state index in [1.165, 1.54) is 10.8 Å². The van der Waals surface area contributed by atoms with E-state index in [0.29, 0.717) is 0 Å². The molecule has 0 aromatic heterocycles. The third-order valence-electron chi connectivity index (χ3n) is 2.53. The first-order valence-electron chi connectivity index (χ1n) is 4.92. The number of benzene rings is 2. The summed E-state index contributed by atoms with van der Waals surface area (Å²) < 4.78 is 5.17. The van der Waals surface area contributed by atoms with E-state index in [2.05, 4.69) is 24.3 Å². The van der Waals surface area contributed by atoms with Gasteiger partial charge in [0, 0.05) is 0 Å². The number of hydrogen-bond acceptors (Lipinski definition) is 1. The fraction of sp³-hybridized carbons (Fsp3) is 0.231. The van der Waals surface area contributed by atoms with Crippen molar-refractivity contribution in [3.05, 3.63) is 42.0 Å². The molecule has 0 amide bonds. The molecule has 0 spiro atoms. The molecule has 0 fully saturated rings. The molecule has 2 heteroatoms. The van der Waals surface area contributed by atoms with Gasteiger partial charge in [-0.05, 0) is 41.5 Å². The Balaban J connectivity index is 2.55. The van der Waals surface area contributed by atoms with Crippen molar-refractivity contribution in [1.82, 2.24) is 0 Å². The highest BCUT2D eigenvalue weighted by Crippen LogP contribution is 2.26. The molecule has 0 N–H and O–H groups in total. The first-order chi connectivity index (χ1) is 7.20. The van der Waals surface area contributed by atoms with Crippen molar-refractivity contribution in [1.29, 1.82) is 0 Å². The molecule has 1 atom stereocenters. The van der Waals surface area contributed by atoms with Crippen LogP contribution in [0.25, 0.3) is 10.8 Å². The Bertz CT molecular complexity index is 477. The predicted molar refractivity (Wildman–Crippen MR) is 64.8 cm³/mol. The van der Waals surface area contributed by atoms with Crippen molar-refractivity contribution >= 4 is 22.4 Å². The summed E-state index contributed by atoms with van der Waals surface area (Å²) in [5.74, 6) is 0.883. The molecule has 0 saturated carbocycles. The molecule has 2 rings (SSSR count). The molecule has 0 heterocycles. The molecule has 0 aliphatic rings. The first-order valence-corrected chi connectivity index (χ1v) is 5.36. The van der Waals surface area contributed by atoms with E-state index in [-0.39, 0.29) is 5.38 Å². The molecule has 15 heavy (non-hydrogen) atoms. The van der Waals surface area contributed by atoms with Gasteiger partial charge < -0.3 is 4.74 Å². The maximum atomic E-state index is 6.04. The summed E-state index contributed by atoms with van der Waals surface area (Å²) >= 11 is 6.04. The molecule has 2 aromatic carbocycles. The summed E-state index contributed by atoms with van der Waals surface area (Å²) in [6.45, 7) is 1.98. The number of alkyl halides is 1. The van der Waals surface area contributed by atoms with Gasteiger partial charge in [0.25, 0.3) is 0 Å². The number of halogens is 1. The summed E-state index contributed by atoms with van der Waals surface area (Å²) in [5, 5.41) is 2.42. The summed E-state index contributed by atoms with van der Waals surface area (Å²) in [7, 11) is 1.68. The highest BCUT2D eigenvalue weighted by molar-refractivity contribution is 6.20. The second kappa shape index (κ2) is 4.11. The van der Waals surface area contributed by atoms with Crippen molar-refractivity contribution in [2.45, 2.75) is 12.3 Å². The van der Waals surface area contributed by atoms with E-state index in [4.69, 9.17) is 16.3 Å². The molecular weight excluding hydrogens is 208 g/mol. The van der Waals surface area contributed by atoms with E-state index < -0.39 is 0 Å². The van der Waals surface area contributed by atoms with Crippen LogP contribution in [-0.4, -0.2) is 7.11 Å². The Labute approximate surface area is 94.6 Å². The van der Waals surface area contributed by atoms with Gasteiger partial charge in [0.1, 0.15) is 5.75 Å². The average molecular weight is 221 g/mol. The van der Waals surface area contributed by atoms with Gasteiger partial charge in [0.2, 0.25) is 0 Å². The molecule has 2 aromatic rings. The molecule has 0 saturated heterocycles. The summed E-state index contributed by atoms with van der Waals surface area (Å²) in [4.78, 5) is 0. The molecule has 1 nitrogen and oxygen atoms in total. The van der Waals surface area contributed by atoms with Crippen LogP contribution in [0.2, 0.25) is 0 Å². The van der Waals surface area contributed by atoms with Crippen molar-refractivity contribution in [3.8, 4) is 5.75 Å². The van der Waals surface area contributed by atoms with Crippen molar-refractivity contribution < 1.29 is 4.74 Å². The van der Waals surface area contributed by atoms with Gasteiger partial charge >= 0.3 is 0 Å². The van der Waals surface area contributed by atoms with Crippen LogP contribution in [0.3, 0.4) is 0 Å². The summed E-state index contributed by atoms with van der Waals surface area (Å²) in [5.41, 5.74) is 1.15. The maximum Gasteiger partial charge on any atom is 0.119 e. The van der Waals surface area contributed by atoms with Crippen molar-refractivity contribution in [3.63, 3.8) is 0 Å². The monoisotopic (exact) mass is 220 g/mol. The second-order valence-corrected chi connectivity index (χ2v) is 4.24. The number of rotatable bonds is 2. The number of methoxy groups -OCH3 is 1. The van der Waals surface area contributed by atoms with E-state index >= 15 is 0 Å². The highest BCUT2D eigenvalue weighted by atomic mass is 35.5. The van der Waals surface area contributed by atoms with E-state index in [0.717, 1.165) is 11.3 Å². The Kier molecular flexibility index (Phi) is 2.83. The van der Waals surface area contributed by atoms with Crippen molar-refractivity contribution in [2.75, 3.05) is 7.11 Å². The van der Waals surface area contributed by atoms with Crippen molar-refractivity contribution in [2.24, 2.45) is 0 Å². The Hall–Kier alpha value is -1.21. The van der Waals surface area contributed by atoms with Gasteiger partial charge in [-0.1, -0.05) is 18.2 Å². The second-order valence-electron chi connectivity index (χ2n) is 3.59. The highest BCUT2D eigenvalue weighted by Gasteiger charge is 2.02. The minimum Gasteiger partial charge on any atom is -0.497 e. The van der Waals surface area contributed by atoms with Crippen LogP contribution in [-0.2, 0) is 0 Å². The molecule has 0 unspecified atom stereocenters. The average Bonchev–Trinajstić information content (AvgIpc) is 2.27. The third kappa shape index (κ3) is 2.07. The zero-order chi connectivity index (χ0) is 10.8. The minimum absolute atomic E-state index is 0.0523. The van der Waals surface area contributed by atoms with Crippen LogP contribution < -0.4 is 4.74 Å². The molecule has 0 aliphatic heterocycles. The minimum atomic E-state index is 0.0523. The fourth-order valence-electron chi connectivity index (χ4n) is 1.62. The quantitative estimate of drug-likeness (QED) is 0.691. The zero-order valence-corrected chi connectivity index (χ0v) is 9.58.